The molecule has 0 aromatic heterocycles. The van der Waals surface area contributed by atoms with E-state index in [2.05, 4.69) is 10.6 Å². The lowest BCUT2D eigenvalue weighted by molar-refractivity contribution is -0.143. The zero-order chi connectivity index (χ0) is 34.2. The van der Waals surface area contributed by atoms with Gasteiger partial charge in [0.05, 0.1) is 18.6 Å². The zero-order valence-corrected chi connectivity index (χ0v) is 29.5. The van der Waals surface area contributed by atoms with Crippen molar-refractivity contribution in [1.82, 2.24) is 15.5 Å². The minimum atomic E-state index is -2.64. The minimum Gasteiger partial charge on any atom is -0.480 e. The second-order valence-corrected chi connectivity index (χ2v) is 19.0. The lowest BCUT2D eigenvalue weighted by Gasteiger charge is -2.42. The summed E-state index contributed by atoms with van der Waals surface area (Å²) in [4.78, 5) is 54.0. The van der Waals surface area contributed by atoms with Gasteiger partial charge < -0.3 is 24.9 Å². The molecule has 0 spiro atoms. The van der Waals surface area contributed by atoms with Gasteiger partial charge in [0.1, 0.15) is 23.7 Å². The molecule has 3 N–H and O–H groups in total. The van der Waals surface area contributed by atoms with Gasteiger partial charge in [0.15, 0.2) is 8.32 Å². The molecule has 0 radical (unpaired) electrons. The number of nitrogens with zero attached hydrogens (tertiary/aromatic N) is 2. The fraction of sp³-hybridized carbons (Fsp3) is 0.645. The maximum atomic E-state index is 14.0. The van der Waals surface area contributed by atoms with Crippen LogP contribution in [0.25, 0.3) is 0 Å². The number of nitrogens with one attached hydrogen (secondary N) is 2. The molecule has 1 rings (SSSR count). The van der Waals surface area contributed by atoms with E-state index in [0.29, 0.717) is 10.6 Å². The van der Waals surface area contributed by atoms with Crippen LogP contribution in [0.2, 0.25) is 23.2 Å². The van der Waals surface area contributed by atoms with Crippen molar-refractivity contribution in [2.24, 2.45) is 5.92 Å². The Labute approximate surface area is 267 Å². The number of benzene rings is 1. The normalized spacial score (nSPS) is 14.9. The number of carboxylic acid groups (broad SMARTS) is 1. The van der Waals surface area contributed by atoms with Crippen LogP contribution in [0, 0.1) is 17.2 Å². The Bertz CT molecular complexity index is 1200. The summed E-state index contributed by atoms with van der Waals surface area (Å²) >= 11 is 6.16. The molecule has 44 heavy (non-hydrogen) atoms. The highest BCUT2D eigenvalue weighted by molar-refractivity contribution is 6.74. The van der Waals surface area contributed by atoms with Gasteiger partial charge in [0.25, 0.3) is 0 Å². The van der Waals surface area contributed by atoms with Crippen molar-refractivity contribution in [1.29, 1.82) is 5.26 Å². The first kappa shape index (κ1) is 38.9. The molecule has 0 bridgehead atoms. The van der Waals surface area contributed by atoms with Crippen molar-refractivity contribution < 1.29 is 33.4 Å². The summed E-state index contributed by atoms with van der Waals surface area (Å²) in [6.07, 6.45) is -2.03. The number of carbonyl (C=O) groups excluding carboxylic acids is 3. The summed E-state index contributed by atoms with van der Waals surface area (Å²) in [5.41, 5.74) is -0.289. The molecular formula is C31H49ClN4O7Si. The van der Waals surface area contributed by atoms with Crippen LogP contribution in [0.1, 0.15) is 79.9 Å². The molecule has 0 unspecified atom stereocenters. The van der Waals surface area contributed by atoms with Gasteiger partial charge in [-0.3, -0.25) is 14.5 Å². The molecule has 1 aromatic rings. The van der Waals surface area contributed by atoms with Gasteiger partial charge >= 0.3 is 12.1 Å². The largest absolute Gasteiger partial charge is 0.480 e. The molecule has 0 fully saturated rings. The van der Waals surface area contributed by atoms with E-state index in [1.807, 2.05) is 47.7 Å². The molecule has 0 aliphatic carbocycles. The second-order valence-electron chi connectivity index (χ2n) is 13.8. The van der Waals surface area contributed by atoms with E-state index in [0.717, 1.165) is 0 Å². The summed E-state index contributed by atoms with van der Waals surface area (Å²) in [6, 6.07) is 4.37. The van der Waals surface area contributed by atoms with Crippen LogP contribution < -0.4 is 10.6 Å². The number of rotatable bonds is 13. The van der Waals surface area contributed by atoms with Gasteiger partial charge in [-0.25, -0.2) is 9.59 Å². The third kappa shape index (κ3) is 11.7. The van der Waals surface area contributed by atoms with Crippen molar-refractivity contribution in [3.8, 4) is 6.07 Å². The molecule has 11 nitrogen and oxygen atoms in total. The molecule has 0 aliphatic heterocycles. The summed E-state index contributed by atoms with van der Waals surface area (Å²) in [6.45, 7) is 19.0. The van der Waals surface area contributed by atoms with E-state index in [1.54, 1.807) is 51.1 Å². The molecular weight excluding hydrogens is 604 g/mol. The summed E-state index contributed by atoms with van der Waals surface area (Å²) in [7, 11) is -1.19. The Kier molecular flexibility index (Phi) is 13.9. The number of likely N-dealkylation sites (N-methyl/N-ethyl adjacent to an activating group) is 1. The number of carbonyl (C=O) groups is 4. The summed E-state index contributed by atoms with van der Waals surface area (Å²) in [5.74, 6) is -2.94. The quantitative estimate of drug-likeness (QED) is 0.231. The smallest absolute Gasteiger partial charge is 0.410 e. The lowest BCUT2D eigenvalue weighted by atomic mass is 9.98. The van der Waals surface area contributed by atoms with Crippen LogP contribution in [-0.4, -0.2) is 73.0 Å². The van der Waals surface area contributed by atoms with Crippen molar-refractivity contribution in [2.75, 3.05) is 7.05 Å². The van der Waals surface area contributed by atoms with E-state index in [-0.39, 0.29) is 17.4 Å². The highest BCUT2D eigenvalue weighted by atomic mass is 35.5. The molecule has 1 aromatic carbocycles. The number of aliphatic carboxylic acids is 1. The molecule has 3 amide bonds. The number of hydrogen-bond acceptors (Lipinski definition) is 7. The van der Waals surface area contributed by atoms with Crippen LogP contribution in [0.3, 0.4) is 0 Å². The van der Waals surface area contributed by atoms with Crippen molar-refractivity contribution in [3.05, 3.63) is 34.9 Å². The molecule has 0 saturated carbocycles. The first-order valence-electron chi connectivity index (χ1n) is 14.6. The minimum absolute atomic E-state index is 0.0227. The zero-order valence-electron chi connectivity index (χ0n) is 27.8. The Morgan fingerprint density at radius 2 is 1.57 bits per heavy atom. The number of hydrogen-bond donors (Lipinski definition) is 3. The first-order chi connectivity index (χ1) is 20.0. The van der Waals surface area contributed by atoms with Gasteiger partial charge in [0.2, 0.25) is 11.8 Å². The maximum absolute atomic E-state index is 14.0. The maximum Gasteiger partial charge on any atom is 0.410 e. The topological polar surface area (TPSA) is 158 Å². The summed E-state index contributed by atoms with van der Waals surface area (Å²) in [5, 5.41) is 24.2. The molecule has 0 saturated heterocycles. The van der Waals surface area contributed by atoms with Gasteiger partial charge in [-0.2, -0.15) is 5.26 Å². The fourth-order valence-corrected chi connectivity index (χ4v) is 5.29. The molecule has 246 valence electrons. The predicted octanol–water partition coefficient (Wildman–Crippen LogP) is 5.65. The van der Waals surface area contributed by atoms with E-state index >= 15 is 0 Å². The van der Waals surface area contributed by atoms with Crippen LogP contribution in [0.15, 0.2) is 24.3 Å². The van der Waals surface area contributed by atoms with Gasteiger partial charge in [-0.05, 0) is 68.9 Å². The Balaban J connectivity index is 3.77. The number of carboxylic acids is 1. The number of amides is 3. The fourth-order valence-electron chi connectivity index (χ4n) is 3.90. The van der Waals surface area contributed by atoms with E-state index in [9.17, 15) is 29.5 Å². The average molecular weight is 653 g/mol. The van der Waals surface area contributed by atoms with Gasteiger partial charge in [0, 0.05) is 12.1 Å². The summed E-state index contributed by atoms with van der Waals surface area (Å²) < 4.78 is 12.3. The lowest BCUT2D eigenvalue weighted by Crippen LogP contribution is -2.59. The van der Waals surface area contributed by atoms with Crippen molar-refractivity contribution >= 4 is 43.8 Å². The van der Waals surface area contributed by atoms with Crippen LogP contribution >= 0.6 is 11.6 Å². The average Bonchev–Trinajstić information content (AvgIpc) is 2.87. The SMILES string of the molecule is CC(C)C[C@H](C(=O)N[C@@H](C(=O)N[C@@H](CC#N)C(=O)O)[C@H](O[Si](C)(C)C(C)(C)C)c1ccc(Cl)cc1)N(C)C(=O)OC(C)(C)C. The van der Waals surface area contributed by atoms with E-state index in [4.69, 9.17) is 20.8 Å². The first-order valence-corrected chi connectivity index (χ1v) is 17.9. The highest BCUT2D eigenvalue weighted by Gasteiger charge is 2.44. The van der Waals surface area contributed by atoms with Crippen molar-refractivity contribution in [3.63, 3.8) is 0 Å². The third-order valence-corrected chi connectivity index (χ3v) is 12.1. The molecule has 4 atom stereocenters. The van der Waals surface area contributed by atoms with Gasteiger partial charge in [-0.1, -0.05) is 58.4 Å². The number of ether oxygens (including phenoxy) is 1. The number of nitriles is 1. The predicted molar refractivity (Wildman–Crippen MR) is 171 cm³/mol. The van der Waals surface area contributed by atoms with Crippen LogP contribution in [0.4, 0.5) is 4.79 Å². The Morgan fingerprint density at radius 3 is 2.00 bits per heavy atom. The van der Waals surface area contributed by atoms with Crippen LogP contribution in [-0.2, 0) is 23.5 Å². The van der Waals surface area contributed by atoms with E-state index < -0.39 is 68.4 Å². The Hall–Kier alpha value is -3.14. The third-order valence-electron chi connectivity index (χ3n) is 7.37. The van der Waals surface area contributed by atoms with Crippen molar-refractivity contribution in [2.45, 2.75) is 116 Å². The number of halogens is 1. The molecule has 0 aliphatic rings. The standard InChI is InChI=1S/C31H49ClN4O7Si/c1-19(2)18-23(36(9)29(41)42-30(3,4)5)26(37)35-24(27(38)34-22(16-17-33)28(39)40)25(20-12-14-21(32)15-13-20)43-44(10,11)31(6,7)8/h12-15,19,22-25H,16,18H2,1-11H3,(H,34,38)(H,35,37)(H,39,40)/t22-,23+,24+,25+/m0/s1. The van der Waals surface area contributed by atoms with Gasteiger partial charge in [-0.15, -0.1) is 0 Å². The highest BCUT2D eigenvalue weighted by Crippen LogP contribution is 2.41. The Morgan fingerprint density at radius 1 is 1.02 bits per heavy atom. The van der Waals surface area contributed by atoms with Crippen LogP contribution in [0.5, 0.6) is 0 Å². The molecule has 0 heterocycles. The monoisotopic (exact) mass is 652 g/mol. The van der Waals surface area contributed by atoms with E-state index in [1.165, 1.54) is 11.9 Å². The molecule has 13 heteroatoms. The second kappa shape index (κ2) is 15.7.